The molecule has 138 valence electrons. The van der Waals surface area contributed by atoms with Crippen molar-refractivity contribution in [3.63, 3.8) is 0 Å². The third kappa shape index (κ3) is 4.90. The van der Waals surface area contributed by atoms with Crippen molar-refractivity contribution in [1.29, 1.82) is 0 Å². The first-order chi connectivity index (χ1) is 11.6. The second kappa shape index (κ2) is 7.37. The molecule has 7 heteroatoms. The topological polar surface area (TPSA) is 83.0 Å². The van der Waals surface area contributed by atoms with Gasteiger partial charge in [0.2, 0.25) is 0 Å². The number of nitrogens with zero attached hydrogens (tertiary/aromatic N) is 4. The summed E-state index contributed by atoms with van der Waals surface area (Å²) in [6, 6.07) is 0. The summed E-state index contributed by atoms with van der Waals surface area (Å²) in [6.07, 6.45) is 0.191. The van der Waals surface area contributed by atoms with E-state index in [9.17, 15) is 4.79 Å². The fourth-order valence-corrected chi connectivity index (χ4v) is 2.47. The highest BCUT2D eigenvalue weighted by molar-refractivity contribution is 5.73. The fourth-order valence-electron chi connectivity index (χ4n) is 2.47. The molecule has 0 unspecified atom stereocenters. The molecule has 0 radical (unpaired) electrons. The van der Waals surface area contributed by atoms with Crippen LogP contribution in [0.3, 0.4) is 0 Å². The summed E-state index contributed by atoms with van der Waals surface area (Å²) < 4.78 is 12.4. The van der Waals surface area contributed by atoms with E-state index in [2.05, 4.69) is 29.1 Å². The van der Waals surface area contributed by atoms with Crippen LogP contribution in [0.1, 0.15) is 63.3 Å². The van der Waals surface area contributed by atoms with Gasteiger partial charge < -0.3 is 9.26 Å². The Kier molecular flexibility index (Phi) is 5.65. The average Bonchev–Trinajstić information content (AvgIpc) is 3.05. The zero-order chi connectivity index (χ0) is 18.8. The van der Waals surface area contributed by atoms with E-state index in [1.165, 1.54) is 0 Å². The molecule has 0 aliphatic heterocycles. The Morgan fingerprint density at radius 2 is 1.96 bits per heavy atom. The molecule has 2 rings (SSSR count). The second-order valence-corrected chi connectivity index (χ2v) is 7.82. The number of hydrogen-bond donors (Lipinski definition) is 0. The SMILES string of the molecule is Cc1nn(CC(C)C)c(C)c1CC(=O)OCc1nc(C(C)(C)C)no1. The molecule has 0 aliphatic carbocycles. The van der Waals surface area contributed by atoms with Gasteiger partial charge in [-0.15, -0.1) is 0 Å². The maximum atomic E-state index is 12.2. The van der Waals surface area contributed by atoms with Gasteiger partial charge in [-0.25, -0.2) is 0 Å². The summed E-state index contributed by atoms with van der Waals surface area (Å²) >= 11 is 0. The third-order valence-corrected chi connectivity index (χ3v) is 3.89. The molecular weight excluding hydrogens is 320 g/mol. The molecule has 0 aromatic carbocycles. The van der Waals surface area contributed by atoms with Gasteiger partial charge in [-0.05, 0) is 19.8 Å². The van der Waals surface area contributed by atoms with Crippen molar-refractivity contribution < 1.29 is 14.1 Å². The van der Waals surface area contributed by atoms with E-state index in [1.54, 1.807) is 0 Å². The minimum absolute atomic E-state index is 0.0138. The van der Waals surface area contributed by atoms with Crippen molar-refractivity contribution >= 4 is 5.97 Å². The van der Waals surface area contributed by atoms with Crippen molar-refractivity contribution in [2.24, 2.45) is 5.92 Å². The van der Waals surface area contributed by atoms with E-state index in [0.717, 1.165) is 23.5 Å². The second-order valence-electron chi connectivity index (χ2n) is 7.82. The Bertz CT molecular complexity index is 738. The molecule has 0 amide bonds. The largest absolute Gasteiger partial charge is 0.455 e. The van der Waals surface area contributed by atoms with Gasteiger partial charge in [0.05, 0.1) is 12.1 Å². The predicted molar refractivity (Wildman–Crippen MR) is 93.0 cm³/mol. The molecule has 0 saturated heterocycles. The van der Waals surface area contributed by atoms with Gasteiger partial charge in [-0.2, -0.15) is 10.1 Å². The lowest BCUT2D eigenvalue weighted by Crippen LogP contribution is -2.13. The van der Waals surface area contributed by atoms with Crippen molar-refractivity contribution in [2.75, 3.05) is 0 Å². The summed E-state index contributed by atoms with van der Waals surface area (Å²) in [5, 5.41) is 8.44. The monoisotopic (exact) mass is 348 g/mol. The summed E-state index contributed by atoms with van der Waals surface area (Å²) in [6.45, 7) is 15.0. The molecular formula is C18H28N4O3. The number of rotatable bonds is 6. The first-order valence-electron chi connectivity index (χ1n) is 8.59. The van der Waals surface area contributed by atoms with Gasteiger partial charge in [0.1, 0.15) is 0 Å². The van der Waals surface area contributed by atoms with E-state index < -0.39 is 0 Å². The average molecular weight is 348 g/mol. The van der Waals surface area contributed by atoms with Gasteiger partial charge in [0, 0.05) is 23.2 Å². The number of carbonyl (C=O) groups excluding carboxylic acids is 1. The van der Waals surface area contributed by atoms with Crippen LogP contribution in [0.5, 0.6) is 0 Å². The van der Waals surface area contributed by atoms with Gasteiger partial charge in [-0.1, -0.05) is 39.8 Å². The van der Waals surface area contributed by atoms with Crippen LogP contribution in [0, 0.1) is 19.8 Å². The van der Waals surface area contributed by atoms with Gasteiger partial charge in [-0.3, -0.25) is 9.48 Å². The highest BCUT2D eigenvalue weighted by atomic mass is 16.6. The molecule has 0 N–H and O–H groups in total. The Morgan fingerprint density at radius 1 is 1.28 bits per heavy atom. The molecule has 0 bridgehead atoms. The minimum Gasteiger partial charge on any atom is -0.455 e. The van der Waals surface area contributed by atoms with Crippen LogP contribution in [0.2, 0.25) is 0 Å². The number of aromatic nitrogens is 4. The van der Waals surface area contributed by atoms with E-state index in [0.29, 0.717) is 17.6 Å². The lowest BCUT2D eigenvalue weighted by molar-refractivity contribution is -0.144. The smallest absolute Gasteiger partial charge is 0.310 e. The van der Waals surface area contributed by atoms with E-state index >= 15 is 0 Å². The summed E-state index contributed by atoms with van der Waals surface area (Å²) in [5.74, 6) is 1.07. The Morgan fingerprint density at radius 3 is 2.52 bits per heavy atom. The highest BCUT2D eigenvalue weighted by Gasteiger charge is 2.22. The lowest BCUT2D eigenvalue weighted by Gasteiger charge is -2.10. The number of hydrogen-bond acceptors (Lipinski definition) is 6. The first-order valence-corrected chi connectivity index (χ1v) is 8.59. The van der Waals surface area contributed by atoms with Crippen molar-refractivity contribution in [2.45, 2.75) is 73.5 Å². The van der Waals surface area contributed by atoms with Crippen LogP contribution in [-0.2, 0) is 34.5 Å². The number of ether oxygens (including phenoxy) is 1. The van der Waals surface area contributed by atoms with Gasteiger partial charge >= 0.3 is 5.97 Å². The molecule has 2 aromatic rings. The molecule has 25 heavy (non-hydrogen) atoms. The lowest BCUT2D eigenvalue weighted by atomic mass is 9.96. The van der Waals surface area contributed by atoms with Crippen LogP contribution in [0.4, 0.5) is 0 Å². The first kappa shape index (κ1) is 19.1. The maximum Gasteiger partial charge on any atom is 0.310 e. The Balaban J connectivity index is 1.97. The quantitative estimate of drug-likeness (QED) is 0.746. The van der Waals surface area contributed by atoms with Crippen LogP contribution >= 0.6 is 0 Å². The normalized spacial score (nSPS) is 12.0. The summed E-state index contributed by atoms with van der Waals surface area (Å²) in [7, 11) is 0. The van der Waals surface area contributed by atoms with Crippen molar-refractivity contribution in [1.82, 2.24) is 19.9 Å². The molecule has 0 saturated carbocycles. The molecule has 2 aromatic heterocycles. The predicted octanol–water partition coefficient (Wildman–Crippen LogP) is 3.12. The Hall–Kier alpha value is -2.18. The van der Waals surface area contributed by atoms with Crippen molar-refractivity contribution in [3.05, 3.63) is 28.7 Å². The molecule has 0 atom stereocenters. The van der Waals surface area contributed by atoms with Crippen LogP contribution in [-0.4, -0.2) is 25.9 Å². The van der Waals surface area contributed by atoms with E-state index in [-0.39, 0.29) is 24.4 Å². The molecule has 0 spiro atoms. The number of esters is 1. The minimum atomic E-state index is -0.328. The summed E-state index contributed by atoms with van der Waals surface area (Å²) in [5.41, 5.74) is 2.59. The number of carbonyl (C=O) groups is 1. The van der Waals surface area contributed by atoms with Crippen LogP contribution < -0.4 is 0 Å². The maximum absolute atomic E-state index is 12.2. The zero-order valence-electron chi connectivity index (χ0n) is 16.2. The van der Waals surface area contributed by atoms with E-state index in [4.69, 9.17) is 9.26 Å². The molecule has 0 fully saturated rings. The molecule has 7 nitrogen and oxygen atoms in total. The molecule has 2 heterocycles. The van der Waals surface area contributed by atoms with E-state index in [1.807, 2.05) is 39.3 Å². The highest BCUT2D eigenvalue weighted by Crippen LogP contribution is 2.19. The van der Waals surface area contributed by atoms with Crippen LogP contribution in [0.25, 0.3) is 0 Å². The Labute approximate surface area is 148 Å². The molecule has 0 aliphatic rings. The van der Waals surface area contributed by atoms with Gasteiger partial charge in [0.25, 0.3) is 5.89 Å². The van der Waals surface area contributed by atoms with Gasteiger partial charge in [0.15, 0.2) is 12.4 Å². The number of aryl methyl sites for hydroxylation is 1. The zero-order valence-corrected chi connectivity index (χ0v) is 16.2. The fraction of sp³-hybridized carbons (Fsp3) is 0.667. The van der Waals surface area contributed by atoms with Crippen molar-refractivity contribution in [3.8, 4) is 0 Å². The standard InChI is InChI=1S/C18H28N4O3/c1-11(2)9-22-13(4)14(12(3)20-22)8-16(23)24-10-15-19-17(21-25-15)18(5,6)7/h11H,8-10H2,1-7H3. The third-order valence-electron chi connectivity index (χ3n) is 3.89. The summed E-state index contributed by atoms with van der Waals surface area (Å²) in [4.78, 5) is 16.4. The van der Waals surface area contributed by atoms with Crippen LogP contribution in [0.15, 0.2) is 4.52 Å².